The average Bonchev–Trinajstić information content (AvgIpc) is 1.94. The summed E-state index contributed by atoms with van der Waals surface area (Å²) in [5, 5.41) is 0. The van der Waals surface area contributed by atoms with Crippen LogP contribution >= 0.6 is 8.58 Å². The van der Waals surface area contributed by atoms with Gasteiger partial charge < -0.3 is 0 Å². The fraction of sp³-hybridized carbons (Fsp3) is 1.00. The van der Waals surface area contributed by atoms with E-state index in [0.29, 0.717) is 0 Å². The highest BCUT2D eigenvalue weighted by Crippen LogP contribution is 2.30. The van der Waals surface area contributed by atoms with Gasteiger partial charge in [-0.25, -0.2) is 0 Å². The van der Waals surface area contributed by atoms with Crippen LogP contribution in [0.3, 0.4) is 0 Å². The molecule has 1 saturated carbocycles. The summed E-state index contributed by atoms with van der Waals surface area (Å²) in [7, 11) is 1.72. The van der Waals surface area contributed by atoms with E-state index in [1.54, 1.807) is 8.58 Å². The number of hydrogen-bond acceptors (Lipinski definition) is 0. The highest BCUT2D eigenvalue weighted by atomic mass is 31.1. The molecular weight excluding hydrogens is 151 g/mol. The molecule has 0 atom stereocenters. The maximum Gasteiger partial charge on any atom is -0.0170 e. The second-order valence-electron chi connectivity index (χ2n) is 3.50. The molecule has 0 N–H and O–H groups in total. The van der Waals surface area contributed by atoms with E-state index in [9.17, 15) is 0 Å². The zero-order valence-electron chi connectivity index (χ0n) is 7.68. The molecule has 0 spiro atoms. The van der Waals surface area contributed by atoms with E-state index in [4.69, 9.17) is 0 Å². The minimum atomic E-state index is 1.06. The second kappa shape index (κ2) is 6.00. The Bertz CT molecular complexity index is 82.9. The van der Waals surface area contributed by atoms with E-state index in [0.717, 1.165) is 5.66 Å². The zero-order chi connectivity index (χ0) is 7.94. The molecule has 65 valence electrons. The predicted octanol–water partition coefficient (Wildman–Crippen LogP) is 4.07. The van der Waals surface area contributed by atoms with Crippen molar-refractivity contribution in [2.75, 3.05) is 6.16 Å². The summed E-state index contributed by atoms with van der Waals surface area (Å²) >= 11 is 0. The Labute approximate surface area is 72.9 Å². The summed E-state index contributed by atoms with van der Waals surface area (Å²) < 4.78 is 0. The first-order valence-electron chi connectivity index (χ1n) is 5.10. The molecule has 1 radical (unpaired) electrons. The van der Waals surface area contributed by atoms with Gasteiger partial charge in [0.1, 0.15) is 0 Å². The molecule has 0 aromatic carbocycles. The van der Waals surface area contributed by atoms with E-state index in [-0.39, 0.29) is 0 Å². The molecule has 1 heteroatoms. The van der Waals surface area contributed by atoms with Crippen molar-refractivity contribution in [1.82, 2.24) is 0 Å². The Morgan fingerprint density at radius 1 is 1.00 bits per heavy atom. The van der Waals surface area contributed by atoms with Gasteiger partial charge in [0, 0.05) is 0 Å². The highest BCUT2D eigenvalue weighted by molar-refractivity contribution is 7.38. The Kier molecular flexibility index (Phi) is 5.19. The van der Waals surface area contributed by atoms with Crippen molar-refractivity contribution >= 4 is 8.58 Å². The van der Waals surface area contributed by atoms with Crippen LogP contribution in [0.5, 0.6) is 0 Å². The summed E-state index contributed by atoms with van der Waals surface area (Å²) in [6, 6.07) is 0. The first kappa shape index (κ1) is 9.52. The molecule has 0 saturated heterocycles. The molecule has 1 rings (SSSR count). The summed E-state index contributed by atoms with van der Waals surface area (Å²) in [5.41, 5.74) is 1.06. The molecule has 0 nitrogen and oxygen atoms in total. The van der Waals surface area contributed by atoms with Crippen LogP contribution in [0.15, 0.2) is 0 Å². The maximum atomic E-state index is 2.31. The first-order valence-corrected chi connectivity index (χ1v) is 6.25. The maximum absolute atomic E-state index is 2.31. The van der Waals surface area contributed by atoms with Gasteiger partial charge in [0.05, 0.1) is 0 Å². The number of hydrogen-bond donors (Lipinski definition) is 0. The molecule has 0 bridgehead atoms. The molecule has 0 aromatic rings. The quantitative estimate of drug-likeness (QED) is 0.549. The fourth-order valence-electron chi connectivity index (χ4n) is 1.88. The Hall–Kier alpha value is 0.430. The highest BCUT2D eigenvalue weighted by Gasteiger charge is 2.09. The van der Waals surface area contributed by atoms with Gasteiger partial charge >= 0.3 is 0 Å². The summed E-state index contributed by atoms with van der Waals surface area (Å²) in [5.74, 6) is 0. The first-order chi connectivity index (χ1) is 5.43. The SMILES string of the molecule is CC[P]C1CCCCCCC1. The third-order valence-corrected chi connectivity index (χ3v) is 3.91. The Morgan fingerprint density at radius 3 is 2.09 bits per heavy atom. The molecule has 0 unspecified atom stereocenters. The average molecular weight is 171 g/mol. The van der Waals surface area contributed by atoms with E-state index in [1.165, 1.54) is 51.1 Å². The van der Waals surface area contributed by atoms with Crippen molar-refractivity contribution in [3.8, 4) is 0 Å². The van der Waals surface area contributed by atoms with Crippen LogP contribution in [-0.4, -0.2) is 11.8 Å². The smallest absolute Gasteiger partial charge is 0.0170 e. The summed E-state index contributed by atoms with van der Waals surface area (Å²) in [4.78, 5) is 0. The summed E-state index contributed by atoms with van der Waals surface area (Å²) in [6.07, 6.45) is 11.9. The molecular formula is C10H20P. The van der Waals surface area contributed by atoms with Crippen LogP contribution in [-0.2, 0) is 0 Å². The molecule has 11 heavy (non-hydrogen) atoms. The molecule has 1 fully saturated rings. The molecule has 1 aliphatic rings. The van der Waals surface area contributed by atoms with E-state index < -0.39 is 0 Å². The van der Waals surface area contributed by atoms with Gasteiger partial charge in [-0.3, -0.25) is 0 Å². The predicted molar refractivity (Wildman–Crippen MR) is 53.6 cm³/mol. The largest absolute Gasteiger partial charge is 0.0778 e. The Balaban J connectivity index is 2.15. The normalized spacial score (nSPS) is 23.7. The van der Waals surface area contributed by atoms with E-state index >= 15 is 0 Å². The second-order valence-corrected chi connectivity index (χ2v) is 5.23. The Morgan fingerprint density at radius 2 is 1.55 bits per heavy atom. The van der Waals surface area contributed by atoms with Crippen molar-refractivity contribution in [1.29, 1.82) is 0 Å². The van der Waals surface area contributed by atoms with Crippen LogP contribution in [0, 0.1) is 0 Å². The fourth-order valence-corrected chi connectivity index (χ4v) is 3.12. The van der Waals surface area contributed by atoms with Crippen molar-refractivity contribution in [3.05, 3.63) is 0 Å². The van der Waals surface area contributed by atoms with Gasteiger partial charge in [-0.2, -0.15) is 0 Å². The van der Waals surface area contributed by atoms with Gasteiger partial charge in [0.25, 0.3) is 0 Å². The van der Waals surface area contributed by atoms with Gasteiger partial charge in [-0.05, 0) is 24.7 Å². The zero-order valence-corrected chi connectivity index (χ0v) is 8.58. The van der Waals surface area contributed by atoms with Crippen LogP contribution in [0.25, 0.3) is 0 Å². The minimum Gasteiger partial charge on any atom is -0.0778 e. The topological polar surface area (TPSA) is 0 Å². The van der Waals surface area contributed by atoms with Crippen LogP contribution in [0.4, 0.5) is 0 Å². The lowest BCUT2D eigenvalue weighted by atomic mass is 10.0. The van der Waals surface area contributed by atoms with Crippen LogP contribution in [0.1, 0.15) is 51.9 Å². The van der Waals surface area contributed by atoms with Crippen molar-refractivity contribution in [3.63, 3.8) is 0 Å². The standard InChI is InChI=1S/C10H20P/c1-2-11-10-8-6-4-3-5-7-9-10/h10H,2-9H2,1H3. The molecule has 0 amide bonds. The molecule has 0 heterocycles. The van der Waals surface area contributed by atoms with Gasteiger partial charge in [-0.1, -0.05) is 47.6 Å². The lowest BCUT2D eigenvalue weighted by Crippen LogP contribution is -2.03. The van der Waals surface area contributed by atoms with Crippen molar-refractivity contribution in [2.24, 2.45) is 0 Å². The lowest BCUT2D eigenvalue weighted by molar-refractivity contribution is 0.511. The van der Waals surface area contributed by atoms with Crippen LogP contribution in [0.2, 0.25) is 0 Å². The van der Waals surface area contributed by atoms with Crippen LogP contribution < -0.4 is 0 Å². The third kappa shape index (κ3) is 4.11. The molecule has 0 aliphatic heterocycles. The molecule has 1 aliphatic carbocycles. The van der Waals surface area contributed by atoms with Gasteiger partial charge in [-0.15, -0.1) is 0 Å². The molecule has 0 aromatic heterocycles. The lowest BCUT2D eigenvalue weighted by Gasteiger charge is -2.17. The van der Waals surface area contributed by atoms with Crippen molar-refractivity contribution in [2.45, 2.75) is 57.5 Å². The number of rotatable bonds is 2. The monoisotopic (exact) mass is 171 g/mol. The third-order valence-electron chi connectivity index (χ3n) is 2.52. The minimum absolute atomic E-state index is 1.06. The van der Waals surface area contributed by atoms with E-state index in [1.807, 2.05) is 0 Å². The summed E-state index contributed by atoms with van der Waals surface area (Å²) in [6.45, 7) is 2.31. The van der Waals surface area contributed by atoms with Crippen molar-refractivity contribution < 1.29 is 0 Å². The van der Waals surface area contributed by atoms with Gasteiger partial charge in [0.2, 0.25) is 0 Å². The van der Waals surface area contributed by atoms with E-state index in [2.05, 4.69) is 6.92 Å². The van der Waals surface area contributed by atoms with Gasteiger partial charge in [0.15, 0.2) is 0 Å².